The van der Waals surface area contributed by atoms with Gasteiger partial charge in [-0.25, -0.2) is 15.0 Å². The average molecular weight is 403 g/mol. The maximum absolute atomic E-state index is 12.5. The van der Waals surface area contributed by atoms with Gasteiger partial charge in [0.15, 0.2) is 34.4 Å². The number of carbonyl (C=O) groups is 1. The summed E-state index contributed by atoms with van der Waals surface area (Å²) in [5.74, 6) is -1.69. The number of ether oxygens (including phenoxy) is 2. The van der Waals surface area contributed by atoms with E-state index in [-0.39, 0.29) is 54.8 Å². The molecule has 27 heavy (non-hydrogen) atoms. The molecule has 1 atom stereocenters. The van der Waals surface area contributed by atoms with Gasteiger partial charge in [-0.1, -0.05) is 11.6 Å². The Morgan fingerprint density at radius 3 is 2.48 bits per heavy atom. The van der Waals surface area contributed by atoms with Crippen molar-refractivity contribution in [3.8, 4) is 0 Å². The molecule has 14 heteroatoms. The summed E-state index contributed by atoms with van der Waals surface area (Å²) in [6, 6.07) is 0. The molecule has 1 amide bonds. The Labute approximate surface area is 160 Å². The maximum Gasteiger partial charge on any atom is 0.283 e. The summed E-state index contributed by atoms with van der Waals surface area (Å²) in [5.41, 5.74) is 26.7. The van der Waals surface area contributed by atoms with Gasteiger partial charge in [0, 0.05) is 0 Å². The van der Waals surface area contributed by atoms with Crippen molar-refractivity contribution >= 4 is 41.1 Å². The minimum atomic E-state index is -0.754. The largest absolute Gasteiger partial charge is 0.382 e. The van der Waals surface area contributed by atoms with E-state index < -0.39 is 18.1 Å². The van der Waals surface area contributed by atoms with Crippen LogP contribution in [0.5, 0.6) is 0 Å². The Morgan fingerprint density at radius 1 is 1.22 bits per heavy atom. The molecule has 0 aromatic carbocycles. The van der Waals surface area contributed by atoms with Crippen LogP contribution in [0.4, 0.5) is 11.6 Å². The van der Waals surface area contributed by atoms with Gasteiger partial charge in [-0.15, -0.1) is 0 Å². The number of rotatable bonds is 9. The van der Waals surface area contributed by atoms with E-state index in [1.54, 1.807) is 6.92 Å². The van der Waals surface area contributed by atoms with Gasteiger partial charge in [0.2, 0.25) is 0 Å². The summed E-state index contributed by atoms with van der Waals surface area (Å²) in [6.45, 7) is 2.14. The third kappa shape index (κ3) is 7.08. The van der Waals surface area contributed by atoms with E-state index >= 15 is 0 Å². The number of nitrogen functional groups attached to an aromatic ring is 2. The zero-order chi connectivity index (χ0) is 20.6. The third-order valence-corrected chi connectivity index (χ3v) is 3.30. The SMILES string of the molecule is CC(N=C(N)N)OCCOCCN(C(=N)N)C(=O)c1nc(Cl)c(N)nc1N. The Balaban J connectivity index is 2.56. The van der Waals surface area contributed by atoms with Crippen LogP contribution in [-0.2, 0) is 9.47 Å². The number of hydrogen-bond acceptors (Lipinski definition) is 9. The number of nitrogens with two attached hydrogens (primary N) is 5. The van der Waals surface area contributed by atoms with Gasteiger partial charge < -0.3 is 38.1 Å². The zero-order valence-corrected chi connectivity index (χ0v) is 15.4. The van der Waals surface area contributed by atoms with E-state index in [1.807, 2.05) is 0 Å². The van der Waals surface area contributed by atoms with Gasteiger partial charge in [-0.05, 0) is 6.92 Å². The Bertz CT molecular complexity index is 710. The van der Waals surface area contributed by atoms with Crippen LogP contribution >= 0.6 is 11.6 Å². The van der Waals surface area contributed by atoms with Crippen molar-refractivity contribution in [2.24, 2.45) is 22.2 Å². The van der Waals surface area contributed by atoms with Crippen molar-refractivity contribution in [3.05, 3.63) is 10.8 Å². The van der Waals surface area contributed by atoms with E-state index in [0.29, 0.717) is 0 Å². The molecule has 1 aromatic rings. The number of anilines is 2. The summed E-state index contributed by atoms with van der Waals surface area (Å²) in [4.78, 5) is 24.7. The highest BCUT2D eigenvalue weighted by Gasteiger charge is 2.24. The lowest BCUT2D eigenvalue weighted by Crippen LogP contribution is -2.44. The molecule has 1 aromatic heterocycles. The van der Waals surface area contributed by atoms with Crippen LogP contribution in [0.1, 0.15) is 17.4 Å². The van der Waals surface area contributed by atoms with Crippen LogP contribution in [0.15, 0.2) is 4.99 Å². The number of hydrogen-bond donors (Lipinski definition) is 6. The van der Waals surface area contributed by atoms with Crippen molar-refractivity contribution in [2.75, 3.05) is 37.8 Å². The highest BCUT2D eigenvalue weighted by molar-refractivity contribution is 6.31. The van der Waals surface area contributed by atoms with Crippen LogP contribution in [0, 0.1) is 5.41 Å². The molecule has 0 aliphatic rings. The van der Waals surface area contributed by atoms with Crippen LogP contribution in [0.3, 0.4) is 0 Å². The first-order valence-corrected chi connectivity index (χ1v) is 8.03. The number of aliphatic imine (C=N–C) groups is 1. The number of amides is 1. The van der Waals surface area contributed by atoms with Crippen LogP contribution < -0.4 is 28.7 Å². The molecule has 150 valence electrons. The first-order chi connectivity index (χ1) is 12.6. The molecule has 0 aliphatic carbocycles. The molecular weight excluding hydrogens is 380 g/mol. The topological polar surface area (TPSA) is 231 Å². The number of guanidine groups is 2. The molecule has 0 fully saturated rings. The summed E-state index contributed by atoms with van der Waals surface area (Å²) in [7, 11) is 0. The second-order valence-electron chi connectivity index (χ2n) is 5.11. The van der Waals surface area contributed by atoms with E-state index in [4.69, 9.17) is 55.2 Å². The molecule has 0 aliphatic heterocycles. The fourth-order valence-corrected chi connectivity index (χ4v) is 1.97. The molecule has 11 N–H and O–H groups in total. The van der Waals surface area contributed by atoms with Gasteiger partial charge >= 0.3 is 0 Å². The summed E-state index contributed by atoms with van der Waals surface area (Å²) in [5, 5.41) is 7.37. The molecule has 0 radical (unpaired) electrons. The van der Waals surface area contributed by atoms with E-state index in [2.05, 4.69) is 15.0 Å². The van der Waals surface area contributed by atoms with Crippen molar-refractivity contribution in [3.63, 3.8) is 0 Å². The molecule has 1 unspecified atom stereocenters. The van der Waals surface area contributed by atoms with Crippen LogP contribution in [0.2, 0.25) is 5.15 Å². The summed E-state index contributed by atoms with van der Waals surface area (Å²) in [6.07, 6.45) is -0.509. The average Bonchev–Trinajstić information content (AvgIpc) is 2.55. The first-order valence-electron chi connectivity index (χ1n) is 7.66. The fraction of sp³-hybridized carbons (Fsp3) is 0.462. The normalized spacial score (nSPS) is 11.6. The number of nitrogens with one attached hydrogen (secondary N) is 1. The number of aromatic nitrogens is 2. The number of nitrogens with zero attached hydrogens (tertiary/aromatic N) is 4. The van der Waals surface area contributed by atoms with Crippen LogP contribution in [0.25, 0.3) is 0 Å². The van der Waals surface area contributed by atoms with Crippen molar-refractivity contribution < 1.29 is 14.3 Å². The van der Waals surface area contributed by atoms with E-state index in [0.717, 1.165) is 4.90 Å². The molecule has 13 nitrogen and oxygen atoms in total. The second kappa shape index (κ2) is 10.3. The van der Waals surface area contributed by atoms with Crippen molar-refractivity contribution in [1.29, 1.82) is 5.41 Å². The molecule has 0 bridgehead atoms. The molecule has 0 saturated carbocycles. The van der Waals surface area contributed by atoms with Gasteiger partial charge in [0.25, 0.3) is 5.91 Å². The zero-order valence-electron chi connectivity index (χ0n) is 14.7. The predicted octanol–water partition coefficient (Wildman–Crippen LogP) is -1.72. The predicted molar refractivity (Wildman–Crippen MR) is 101 cm³/mol. The van der Waals surface area contributed by atoms with Crippen molar-refractivity contribution in [2.45, 2.75) is 13.2 Å². The highest BCUT2D eigenvalue weighted by atomic mass is 35.5. The Morgan fingerprint density at radius 2 is 1.89 bits per heavy atom. The fourth-order valence-electron chi connectivity index (χ4n) is 1.84. The molecule has 1 heterocycles. The second-order valence-corrected chi connectivity index (χ2v) is 5.47. The minimum Gasteiger partial charge on any atom is -0.382 e. The minimum absolute atomic E-state index is 0.0270. The number of carbonyl (C=O) groups excluding carboxylic acids is 1. The smallest absolute Gasteiger partial charge is 0.283 e. The summed E-state index contributed by atoms with van der Waals surface area (Å²) < 4.78 is 10.6. The first kappa shape index (κ1) is 22.1. The monoisotopic (exact) mass is 402 g/mol. The maximum atomic E-state index is 12.5. The van der Waals surface area contributed by atoms with Crippen LogP contribution in [-0.4, -0.2) is 65.3 Å². The standard InChI is InChI=1S/C13H23ClN10O3/c1-6(21-12(17)18)27-5-4-26-3-2-24(13(19)20)11(25)7-9(15)23-10(16)8(14)22-7/h6H,2-5H2,1H3,(H3,19,20)(H4,15,16,23)(H4,17,18,21). The van der Waals surface area contributed by atoms with Gasteiger partial charge in [0.05, 0.1) is 26.4 Å². The van der Waals surface area contributed by atoms with E-state index in [1.165, 1.54) is 0 Å². The van der Waals surface area contributed by atoms with Gasteiger partial charge in [0.1, 0.15) is 6.23 Å². The molecular formula is C13H23ClN10O3. The molecule has 0 saturated heterocycles. The van der Waals surface area contributed by atoms with Crippen molar-refractivity contribution in [1.82, 2.24) is 14.9 Å². The lowest BCUT2D eigenvalue weighted by Gasteiger charge is -2.20. The lowest BCUT2D eigenvalue weighted by molar-refractivity contribution is 0.0137. The number of halogens is 1. The summed E-state index contributed by atoms with van der Waals surface area (Å²) >= 11 is 5.76. The lowest BCUT2D eigenvalue weighted by atomic mass is 10.3. The van der Waals surface area contributed by atoms with Gasteiger partial charge in [-0.3, -0.25) is 15.1 Å². The highest BCUT2D eigenvalue weighted by Crippen LogP contribution is 2.18. The molecule has 0 spiro atoms. The Kier molecular flexibility index (Phi) is 8.44. The quantitative estimate of drug-likeness (QED) is 0.155. The van der Waals surface area contributed by atoms with Gasteiger partial charge in [-0.2, -0.15) is 0 Å². The van der Waals surface area contributed by atoms with E-state index in [9.17, 15) is 4.79 Å². The molecule has 1 rings (SSSR count). The Hall–Kier alpha value is -2.90. The third-order valence-electron chi connectivity index (χ3n) is 3.02.